The number of hydrogen-bond acceptors (Lipinski definition) is 4. The standard InChI is InChI=1S/C19H19Cl3N4O/c20-13-10-15(21)18(16(22)11-13)27-9-4-2-1-3-7-26-19(24)14-6-5-8-25-17(14)12-23/h5-6,8,10-11H,1-4,7,9H2,(H2,24,26). The second-order valence-corrected chi connectivity index (χ2v) is 6.99. The van der Waals surface area contributed by atoms with Gasteiger partial charge in [0.15, 0.2) is 11.4 Å². The van der Waals surface area contributed by atoms with Gasteiger partial charge in [-0.3, -0.25) is 4.99 Å². The van der Waals surface area contributed by atoms with E-state index in [1.54, 1.807) is 30.5 Å². The summed E-state index contributed by atoms with van der Waals surface area (Å²) >= 11 is 18.0. The van der Waals surface area contributed by atoms with Crippen molar-refractivity contribution in [1.82, 2.24) is 4.98 Å². The number of nitrogens with zero attached hydrogens (tertiary/aromatic N) is 3. The van der Waals surface area contributed by atoms with Gasteiger partial charge in [0.2, 0.25) is 0 Å². The minimum Gasteiger partial charge on any atom is -0.490 e. The van der Waals surface area contributed by atoms with Crippen LogP contribution in [0, 0.1) is 11.3 Å². The lowest BCUT2D eigenvalue weighted by Crippen LogP contribution is -2.16. The van der Waals surface area contributed by atoms with Crippen LogP contribution in [0.15, 0.2) is 35.5 Å². The SMILES string of the molecule is N#Cc1ncccc1C(N)=NCCCCCCOc1c(Cl)cc(Cl)cc1Cl. The Morgan fingerprint density at radius 1 is 1.15 bits per heavy atom. The number of hydrogen-bond donors (Lipinski definition) is 1. The number of amidine groups is 1. The van der Waals surface area contributed by atoms with Crippen molar-refractivity contribution in [2.45, 2.75) is 25.7 Å². The fraction of sp³-hybridized carbons (Fsp3) is 0.316. The zero-order valence-electron chi connectivity index (χ0n) is 14.6. The summed E-state index contributed by atoms with van der Waals surface area (Å²) in [5.41, 5.74) is 6.80. The number of unbranched alkanes of at least 4 members (excludes halogenated alkanes) is 3. The first kappa shape index (κ1) is 21.3. The molecule has 142 valence electrons. The first-order valence-electron chi connectivity index (χ1n) is 8.45. The summed E-state index contributed by atoms with van der Waals surface area (Å²) in [5.74, 6) is 0.805. The third-order valence-corrected chi connectivity index (χ3v) is 4.51. The van der Waals surface area contributed by atoms with E-state index in [-0.39, 0.29) is 5.69 Å². The zero-order chi connectivity index (χ0) is 19.6. The maximum absolute atomic E-state index is 9.03. The molecule has 8 heteroatoms. The number of benzene rings is 1. The Bertz CT molecular complexity index is 826. The lowest BCUT2D eigenvalue weighted by Gasteiger charge is -2.10. The third kappa shape index (κ3) is 6.59. The number of rotatable bonds is 9. The van der Waals surface area contributed by atoms with Gasteiger partial charge in [-0.15, -0.1) is 0 Å². The maximum atomic E-state index is 9.03. The maximum Gasteiger partial charge on any atom is 0.156 e. The summed E-state index contributed by atoms with van der Waals surface area (Å²) < 4.78 is 5.64. The molecule has 0 radical (unpaired) electrons. The molecule has 2 rings (SSSR count). The topological polar surface area (TPSA) is 84.3 Å². The van der Waals surface area contributed by atoms with Crippen LogP contribution in [0.4, 0.5) is 0 Å². The van der Waals surface area contributed by atoms with Gasteiger partial charge in [0, 0.05) is 17.8 Å². The van der Waals surface area contributed by atoms with Crippen molar-refractivity contribution in [2.75, 3.05) is 13.2 Å². The Morgan fingerprint density at radius 2 is 1.85 bits per heavy atom. The van der Waals surface area contributed by atoms with Gasteiger partial charge in [0.05, 0.1) is 22.2 Å². The Kier molecular flexibility index (Phi) is 8.66. The van der Waals surface area contributed by atoms with Crippen LogP contribution in [0.3, 0.4) is 0 Å². The molecular formula is C19H19Cl3N4O. The molecule has 0 atom stereocenters. The molecule has 0 unspecified atom stereocenters. The van der Waals surface area contributed by atoms with Crippen LogP contribution >= 0.6 is 34.8 Å². The van der Waals surface area contributed by atoms with Crippen molar-refractivity contribution in [3.63, 3.8) is 0 Å². The van der Waals surface area contributed by atoms with Gasteiger partial charge < -0.3 is 10.5 Å². The highest BCUT2D eigenvalue weighted by Gasteiger charge is 2.09. The highest BCUT2D eigenvalue weighted by molar-refractivity contribution is 6.40. The molecule has 0 aliphatic rings. The molecule has 1 aromatic heterocycles. The lowest BCUT2D eigenvalue weighted by molar-refractivity contribution is 0.305. The van der Waals surface area contributed by atoms with Gasteiger partial charge in [-0.25, -0.2) is 4.98 Å². The number of nitriles is 1. The summed E-state index contributed by atoms with van der Waals surface area (Å²) in [5, 5.41) is 10.3. The molecule has 0 amide bonds. The van der Waals surface area contributed by atoms with E-state index in [4.69, 9.17) is 50.5 Å². The highest BCUT2D eigenvalue weighted by Crippen LogP contribution is 2.35. The number of ether oxygens (including phenoxy) is 1. The van der Waals surface area contributed by atoms with Gasteiger partial charge in [-0.1, -0.05) is 41.2 Å². The van der Waals surface area contributed by atoms with Crippen LogP contribution in [-0.2, 0) is 0 Å². The quantitative estimate of drug-likeness (QED) is 0.337. The molecule has 1 heterocycles. The zero-order valence-corrected chi connectivity index (χ0v) is 16.9. The van der Waals surface area contributed by atoms with Gasteiger partial charge in [0.25, 0.3) is 0 Å². The smallest absolute Gasteiger partial charge is 0.156 e. The van der Waals surface area contributed by atoms with E-state index in [2.05, 4.69) is 9.98 Å². The minimum atomic E-state index is 0.287. The number of pyridine rings is 1. The molecule has 5 nitrogen and oxygen atoms in total. The van der Waals surface area contributed by atoms with Crippen molar-refractivity contribution in [2.24, 2.45) is 10.7 Å². The van der Waals surface area contributed by atoms with E-state index in [9.17, 15) is 0 Å². The third-order valence-electron chi connectivity index (χ3n) is 3.73. The Hall–Kier alpha value is -2.00. The monoisotopic (exact) mass is 424 g/mol. The Labute approximate surface area is 173 Å². The van der Waals surface area contributed by atoms with Gasteiger partial charge >= 0.3 is 0 Å². The molecule has 0 aliphatic heterocycles. The average molecular weight is 426 g/mol. The van der Waals surface area contributed by atoms with Crippen LogP contribution in [0.5, 0.6) is 5.75 Å². The molecule has 0 fully saturated rings. The van der Waals surface area contributed by atoms with E-state index in [0.717, 1.165) is 25.7 Å². The first-order chi connectivity index (χ1) is 13.0. The predicted octanol–water partition coefficient (Wildman–Crippen LogP) is 5.26. The van der Waals surface area contributed by atoms with Crippen molar-refractivity contribution in [1.29, 1.82) is 5.26 Å². The molecule has 0 spiro atoms. The van der Waals surface area contributed by atoms with E-state index in [1.165, 1.54) is 0 Å². The van der Waals surface area contributed by atoms with Crippen LogP contribution in [-0.4, -0.2) is 24.0 Å². The van der Waals surface area contributed by atoms with E-state index in [0.29, 0.717) is 45.4 Å². The predicted molar refractivity (Wildman–Crippen MR) is 110 cm³/mol. The summed E-state index contributed by atoms with van der Waals surface area (Å²) in [7, 11) is 0. The lowest BCUT2D eigenvalue weighted by atomic mass is 10.2. The second-order valence-electron chi connectivity index (χ2n) is 5.74. The largest absolute Gasteiger partial charge is 0.490 e. The van der Waals surface area contributed by atoms with Crippen LogP contribution in [0.2, 0.25) is 15.1 Å². The van der Waals surface area contributed by atoms with Gasteiger partial charge in [-0.05, 0) is 43.5 Å². The molecule has 1 aromatic carbocycles. The number of aromatic nitrogens is 1. The van der Waals surface area contributed by atoms with E-state index < -0.39 is 0 Å². The van der Waals surface area contributed by atoms with Crippen molar-refractivity contribution in [3.8, 4) is 11.8 Å². The molecule has 0 aliphatic carbocycles. The fourth-order valence-corrected chi connectivity index (χ4v) is 3.32. The molecule has 27 heavy (non-hydrogen) atoms. The summed E-state index contributed by atoms with van der Waals surface area (Å²) in [6, 6.07) is 8.70. The van der Waals surface area contributed by atoms with Gasteiger partial charge in [-0.2, -0.15) is 5.26 Å². The minimum absolute atomic E-state index is 0.287. The molecule has 0 bridgehead atoms. The normalized spacial score (nSPS) is 11.3. The summed E-state index contributed by atoms with van der Waals surface area (Å²) in [4.78, 5) is 8.30. The van der Waals surface area contributed by atoms with Crippen molar-refractivity contribution >= 4 is 40.6 Å². The van der Waals surface area contributed by atoms with Crippen LogP contribution in [0.1, 0.15) is 36.9 Å². The number of nitrogens with two attached hydrogens (primary N) is 1. The van der Waals surface area contributed by atoms with Crippen molar-refractivity contribution < 1.29 is 4.74 Å². The van der Waals surface area contributed by atoms with E-state index in [1.807, 2.05) is 6.07 Å². The molecule has 0 saturated carbocycles. The second kappa shape index (κ2) is 11.0. The van der Waals surface area contributed by atoms with Gasteiger partial charge in [0.1, 0.15) is 11.9 Å². The number of aliphatic imine (C=N–C) groups is 1. The average Bonchev–Trinajstić information content (AvgIpc) is 2.65. The fourth-order valence-electron chi connectivity index (χ4n) is 2.39. The molecule has 2 N–H and O–H groups in total. The highest BCUT2D eigenvalue weighted by atomic mass is 35.5. The molecule has 2 aromatic rings. The molecule has 0 saturated heterocycles. The van der Waals surface area contributed by atoms with E-state index >= 15 is 0 Å². The van der Waals surface area contributed by atoms with Crippen LogP contribution in [0.25, 0.3) is 0 Å². The Morgan fingerprint density at radius 3 is 2.56 bits per heavy atom. The summed E-state index contributed by atoms with van der Waals surface area (Å²) in [6.45, 7) is 1.12. The van der Waals surface area contributed by atoms with Crippen molar-refractivity contribution in [3.05, 3.63) is 56.8 Å². The first-order valence-corrected chi connectivity index (χ1v) is 9.59. The Balaban J connectivity index is 1.67. The van der Waals surface area contributed by atoms with Crippen LogP contribution < -0.4 is 10.5 Å². The summed E-state index contributed by atoms with van der Waals surface area (Å²) in [6.07, 6.45) is 5.29. The molecular weight excluding hydrogens is 407 g/mol. The number of halogens is 3.